The molecule has 0 saturated carbocycles. The molecule has 12 aromatic rings. The molecule has 6 atom stereocenters. The fourth-order valence-corrected chi connectivity index (χ4v) is 14.3. The van der Waals surface area contributed by atoms with E-state index in [-0.39, 0.29) is 29.1 Å². The lowest BCUT2D eigenvalue weighted by Gasteiger charge is -2.21. The zero-order valence-corrected chi connectivity index (χ0v) is 70.9. The number of nitro groups is 1. The summed E-state index contributed by atoms with van der Waals surface area (Å²) in [6.45, 7) is 15.3. The van der Waals surface area contributed by atoms with Gasteiger partial charge in [0.1, 0.15) is 34.5 Å². The molecule has 0 fully saturated rings. The normalized spacial score (nSPS) is 12.5. The van der Waals surface area contributed by atoms with Crippen molar-refractivity contribution in [1.82, 2.24) is 0 Å². The van der Waals surface area contributed by atoms with E-state index in [4.69, 9.17) is 28.4 Å². The smallest absolute Gasteiger partial charge is 0.343 e. The van der Waals surface area contributed by atoms with Gasteiger partial charge in [-0.15, -0.1) is 0 Å². The summed E-state index contributed by atoms with van der Waals surface area (Å²) in [6, 6.07) is 97.2. The third kappa shape index (κ3) is 30.1. The molecule has 0 aliphatic rings. The first kappa shape index (κ1) is 91.4. The Morgan fingerprint density at radius 3 is 0.837 bits per heavy atom. The largest absolute Gasteiger partial charge is 0.423 e. The number of hydrogen-bond acceptors (Lipinski definition) is 14. The molecule has 0 amide bonds. The van der Waals surface area contributed by atoms with E-state index < -0.39 is 28.8 Å². The standard InChI is InChI=1S/C40H44O4.C34H31NO6.C34H32O4/c1-4-6-7-9-14-32-15-18-36(19-16-32)40(42)44-38-24-20-34(21-25-38)30(3)29-33(5-2)35-22-26-37(27-23-35)43-39(41)28-17-31-12-10-8-11-13-31;1-3-26(28-14-20-31(21-15-28)40-33(36)22-9-25-7-5-4-6-8-25)23-24(2)27-12-18-32(19-13-27)41-34(37)29-10-16-30(17-11-29)35(38)39;1-3-27(29-17-21-31(22-18-29)37-33(35)23-14-26-10-6-4-7-11-26)24-25(2)28-15-19-32(20-16-28)38-34(36)30-12-8-5-9-13-30/h8,10-13,15-28,30,33H,4-7,9,14,29H2,1-3H3;4-22,24,26H,3,23H2,1-2H3;4-23,25,27H,3,24H2,1-2H3/b28-17+;22-9+;23-14+. The molecule has 0 saturated heterocycles. The molecule has 0 aromatic heterocycles. The SMILES string of the molecule is CCC(CC(C)c1ccc(OC(=O)c2ccc([N+](=O)[O-])cc2)cc1)c1ccc(OC(=O)/C=C/c2ccccc2)cc1.CCC(CC(C)c1ccc(OC(=O)c2ccccc2)cc1)c1ccc(OC(=O)/C=C/c2ccccc2)cc1.CCCCCCc1ccc(C(=O)Oc2ccc(C(C)CC(CC)c3ccc(OC(=O)/C=C/c4ccccc4)cc3)cc2)cc1. The molecule has 0 radical (unpaired) electrons. The minimum atomic E-state index is -0.576. The summed E-state index contributed by atoms with van der Waals surface area (Å²) in [7, 11) is 0. The molecule has 15 nitrogen and oxygen atoms in total. The Morgan fingerprint density at radius 1 is 0.301 bits per heavy atom. The van der Waals surface area contributed by atoms with E-state index in [1.54, 1.807) is 42.5 Å². The molecule has 628 valence electrons. The molecule has 6 unspecified atom stereocenters. The van der Waals surface area contributed by atoms with Gasteiger partial charge in [0.15, 0.2) is 0 Å². The second kappa shape index (κ2) is 48.4. The molecule has 0 N–H and O–H groups in total. The molecule has 15 heteroatoms. The summed E-state index contributed by atoms with van der Waals surface area (Å²) in [5.74, 6) is 2.46. The number of nitrogens with zero attached hydrogens (tertiary/aromatic N) is 1. The van der Waals surface area contributed by atoms with Crippen LogP contribution in [0.1, 0.15) is 235 Å². The van der Waals surface area contributed by atoms with Crippen LogP contribution in [0.15, 0.2) is 334 Å². The average Bonchev–Trinajstić information content (AvgIpc) is 0.867. The van der Waals surface area contributed by atoms with Gasteiger partial charge in [0.05, 0.1) is 21.6 Å². The van der Waals surface area contributed by atoms with E-state index in [9.17, 15) is 38.9 Å². The van der Waals surface area contributed by atoms with Crippen molar-refractivity contribution < 1.29 is 62.1 Å². The third-order valence-electron chi connectivity index (χ3n) is 21.5. The summed E-state index contributed by atoms with van der Waals surface area (Å²) in [6.07, 6.45) is 21.3. The van der Waals surface area contributed by atoms with Crippen molar-refractivity contribution in [1.29, 1.82) is 0 Å². The number of benzene rings is 12. The Kier molecular flexibility index (Phi) is 35.9. The Morgan fingerprint density at radius 2 is 0.561 bits per heavy atom. The van der Waals surface area contributed by atoms with Crippen molar-refractivity contribution in [3.05, 3.63) is 416 Å². The lowest BCUT2D eigenvalue weighted by molar-refractivity contribution is -0.384. The van der Waals surface area contributed by atoms with Gasteiger partial charge in [0.2, 0.25) is 0 Å². The van der Waals surface area contributed by atoms with Crippen LogP contribution in [0.2, 0.25) is 0 Å². The lowest BCUT2D eigenvalue weighted by atomic mass is 9.84. The van der Waals surface area contributed by atoms with Crippen LogP contribution >= 0.6 is 0 Å². The number of esters is 6. The first-order valence-electron chi connectivity index (χ1n) is 42.3. The van der Waals surface area contributed by atoms with Gasteiger partial charge in [0, 0.05) is 30.4 Å². The van der Waals surface area contributed by atoms with Gasteiger partial charge < -0.3 is 28.4 Å². The van der Waals surface area contributed by atoms with Crippen LogP contribution in [-0.2, 0) is 20.8 Å². The van der Waals surface area contributed by atoms with Crippen molar-refractivity contribution in [2.24, 2.45) is 0 Å². The number of carbonyl (C=O) groups excluding carboxylic acids is 6. The zero-order valence-electron chi connectivity index (χ0n) is 70.9. The molecule has 0 spiro atoms. The minimum Gasteiger partial charge on any atom is -0.423 e. The molecule has 12 aromatic carbocycles. The van der Waals surface area contributed by atoms with E-state index in [1.165, 1.54) is 102 Å². The fraction of sp³-hybridized carbons (Fsp3) is 0.222. The van der Waals surface area contributed by atoms with Crippen LogP contribution in [-0.4, -0.2) is 40.7 Å². The van der Waals surface area contributed by atoms with E-state index in [0.29, 0.717) is 75.2 Å². The van der Waals surface area contributed by atoms with Gasteiger partial charge in [-0.05, 0) is 270 Å². The number of hydrogen-bond donors (Lipinski definition) is 0. The Bertz CT molecular complexity index is 5390. The highest BCUT2D eigenvalue weighted by atomic mass is 16.6. The summed E-state index contributed by atoms with van der Waals surface area (Å²) in [5, 5.41) is 10.8. The summed E-state index contributed by atoms with van der Waals surface area (Å²) < 4.78 is 33.0. The maximum absolute atomic E-state index is 12.7. The molecule has 0 bridgehead atoms. The van der Waals surface area contributed by atoms with Crippen LogP contribution in [0.25, 0.3) is 18.2 Å². The van der Waals surface area contributed by atoms with Gasteiger partial charge in [-0.3, -0.25) is 10.1 Å². The predicted octanol–water partition coefficient (Wildman–Crippen LogP) is 26.7. The van der Waals surface area contributed by atoms with Gasteiger partial charge in [0.25, 0.3) is 5.69 Å². The first-order chi connectivity index (χ1) is 59.8. The maximum Gasteiger partial charge on any atom is 0.343 e. The zero-order chi connectivity index (χ0) is 87.1. The summed E-state index contributed by atoms with van der Waals surface area (Å²) in [4.78, 5) is 84.3. The van der Waals surface area contributed by atoms with E-state index in [2.05, 4.69) is 48.5 Å². The third-order valence-corrected chi connectivity index (χ3v) is 21.5. The maximum atomic E-state index is 12.7. The summed E-state index contributed by atoms with van der Waals surface area (Å²) >= 11 is 0. The second-order valence-corrected chi connectivity index (χ2v) is 30.5. The topological polar surface area (TPSA) is 201 Å². The predicted molar refractivity (Wildman–Crippen MR) is 489 cm³/mol. The Balaban J connectivity index is 0.000000194. The number of carbonyl (C=O) groups is 6. The average molecular weight is 1640 g/mol. The van der Waals surface area contributed by atoms with Gasteiger partial charge in [-0.25, -0.2) is 28.8 Å². The van der Waals surface area contributed by atoms with Gasteiger partial charge in [-0.2, -0.15) is 0 Å². The van der Waals surface area contributed by atoms with Crippen LogP contribution in [0.5, 0.6) is 34.5 Å². The van der Waals surface area contributed by atoms with E-state index in [0.717, 1.165) is 67.2 Å². The van der Waals surface area contributed by atoms with Gasteiger partial charge in [-0.1, -0.05) is 262 Å². The van der Waals surface area contributed by atoms with Crippen LogP contribution in [0.4, 0.5) is 5.69 Å². The molecule has 0 aliphatic carbocycles. The fourth-order valence-electron chi connectivity index (χ4n) is 14.3. The van der Waals surface area contributed by atoms with E-state index in [1.807, 2.05) is 267 Å². The number of unbranched alkanes of at least 4 members (excludes halogenated alkanes) is 3. The number of non-ortho nitro benzene ring substituents is 1. The highest BCUT2D eigenvalue weighted by Gasteiger charge is 2.22. The Hall–Kier alpha value is -13.9. The van der Waals surface area contributed by atoms with Crippen LogP contribution in [0, 0.1) is 10.1 Å². The van der Waals surface area contributed by atoms with Crippen molar-refractivity contribution >= 4 is 59.7 Å². The minimum absolute atomic E-state index is 0.0865. The van der Waals surface area contributed by atoms with E-state index >= 15 is 0 Å². The van der Waals surface area contributed by atoms with Crippen LogP contribution < -0.4 is 28.4 Å². The number of nitro benzene ring substituents is 1. The highest BCUT2D eigenvalue weighted by molar-refractivity contribution is 5.93. The summed E-state index contributed by atoms with van der Waals surface area (Å²) in [5.41, 5.74) is 12.4. The first-order valence-corrected chi connectivity index (χ1v) is 42.3. The second-order valence-electron chi connectivity index (χ2n) is 30.5. The van der Waals surface area contributed by atoms with Crippen molar-refractivity contribution in [2.45, 2.75) is 155 Å². The molecule has 0 aliphatic heterocycles. The van der Waals surface area contributed by atoms with Crippen LogP contribution in [0.3, 0.4) is 0 Å². The van der Waals surface area contributed by atoms with Crippen molar-refractivity contribution in [2.75, 3.05) is 0 Å². The quantitative estimate of drug-likeness (QED) is 0.00896. The highest BCUT2D eigenvalue weighted by Crippen LogP contribution is 2.38. The lowest BCUT2D eigenvalue weighted by Crippen LogP contribution is -2.09. The monoisotopic (exact) mass is 1640 g/mol. The van der Waals surface area contributed by atoms with Crippen molar-refractivity contribution in [3.8, 4) is 34.5 Å². The number of aryl methyl sites for hydroxylation is 1. The molecule has 123 heavy (non-hydrogen) atoms. The molecule has 0 heterocycles. The Labute approximate surface area is 722 Å². The van der Waals surface area contributed by atoms with Gasteiger partial charge >= 0.3 is 35.8 Å². The molecule has 12 rings (SSSR count). The number of rotatable bonds is 36. The molecular weight excluding hydrogens is 1540 g/mol. The number of ether oxygens (including phenoxy) is 6. The van der Waals surface area contributed by atoms with Crippen molar-refractivity contribution in [3.63, 3.8) is 0 Å². The molecular formula is C108H107NO14.